The standard InChI is InChI=1S/C24H16S4.2H2O4S/c1-3-7-17(8-4-1)21-15-25-23(27-21)19-11-13-20(14-12-19)24-26-16-22(28-24)18-9-5-2-6-10-18;2*1-5(2,3)4/h1-16H;2*(H2,1,2,3,4)/q+2;;/p-2. The zero-order valence-electron chi connectivity index (χ0n) is 19.0. The molecule has 2 N–H and O–H groups in total. The lowest BCUT2D eigenvalue weighted by Crippen LogP contribution is -1.90. The first-order chi connectivity index (χ1) is 17.9. The summed E-state index contributed by atoms with van der Waals surface area (Å²) in [6.45, 7) is 0. The first kappa shape index (κ1) is 30.0. The molecule has 2 heterocycles. The van der Waals surface area contributed by atoms with Crippen LogP contribution in [0.4, 0.5) is 0 Å². The van der Waals surface area contributed by atoms with Gasteiger partial charge in [-0.15, -0.1) is 0 Å². The third-order valence-corrected chi connectivity index (χ3v) is 9.40. The molecule has 0 atom stereocenters. The molecule has 0 aliphatic heterocycles. The van der Waals surface area contributed by atoms with E-state index in [9.17, 15) is 0 Å². The minimum Gasteiger partial charge on any atom is -0.726 e. The molecule has 8 nitrogen and oxygen atoms in total. The third-order valence-electron chi connectivity index (χ3n) is 4.42. The zero-order valence-corrected chi connectivity index (χ0v) is 23.9. The van der Waals surface area contributed by atoms with Crippen LogP contribution < -0.4 is 0 Å². The molecule has 0 saturated heterocycles. The maximum absolute atomic E-state index is 8.63. The summed E-state index contributed by atoms with van der Waals surface area (Å²) in [4.78, 5) is 2.66. The summed E-state index contributed by atoms with van der Waals surface area (Å²) in [7, 11) is -9.83. The summed E-state index contributed by atoms with van der Waals surface area (Å²) in [5, 5.41) is 4.52. The Labute approximate surface area is 236 Å². The van der Waals surface area contributed by atoms with Gasteiger partial charge in [0.2, 0.25) is 20.8 Å². The maximum Gasteiger partial charge on any atom is 0.285 e. The normalized spacial score (nSPS) is 11.1. The molecule has 5 rings (SSSR count). The van der Waals surface area contributed by atoms with Gasteiger partial charge in [0.15, 0.2) is 9.75 Å². The Hall–Kier alpha value is -2.50. The minimum atomic E-state index is -4.92. The lowest BCUT2D eigenvalue weighted by atomic mass is 10.2. The van der Waals surface area contributed by atoms with E-state index in [0.29, 0.717) is 0 Å². The number of hydrogen-bond donors (Lipinski definition) is 2. The number of hydrogen-bond acceptors (Lipinski definition) is 8. The Morgan fingerprint density at radius 1 is 0.526 bits per heavy atom. The summed E-state index contributed by atoms with van der Waals surface area (Å²) >= 11 is 7.38. The molecule has 38 heavy (non-hydrogen) atoms. The Bertz CT molecular complexity index is 1520. The van der Waals surface area contributed by atoms with E-state index < -0.39 is 20.8 Å². The first-order valence-electron chi connectivity index (χ1n) is 10.3. The van der Waals surface area contributed by atoms with Gasteiger partial charge in [0.1, 0.15) is 10.8 Å². The Kier molecular flexibility index (Phi) is 10.7. The van der Waals surface area contributed by atoms with Crippen LogP contribution in [-0.4, -0.2) is 35.0 Å². The number of benzene rings is 3. The predicted molar refractivity (Wildman–Crippen MR) is 153 cm³/mol. The van der Waals surface area contributed by atoms with Gasteiger partial charge in [-0.2, -0.15) is 0 Å². The molecule has 0 aliphatic rings. The van der Waals surface area contributed by atoms with E-state index in [1.807, 2.05) is 45.3 Å². The van der Waals surface area contributed by atoms with Gasteiger partial charge in [-0.1, -0.05) is 60.7 Å². The maximum atomic E-state index is 8.63. The van der Waals surface area contributed by atoms with E-state index in [2.05, 4.69) is 95.7 Å². The van der Waals surface area contributed by atoms with Gasteiger partial charge in [-0.05, 0) is 24.3 Å². The minimum absolute atomic E-state index is 1.29. The fourth-order valence-corrected chi connectivity index (χ4v) is 7.51. The van der Waals surface area contributed by atoms with E-state index in [1.165, 1.54) is 40.4 Å². The Morgan fingerprint density at radius 3 is 1.11 bits per heavy atom. The molecule has 0 aliphatic carbocycles. The lowest BCUT2D eigenvalue weighted by Gasteiger charge is -1.93. The Balaban J connectivity index is 0.000000344. The fraction of sp³-hybridized carbons (Fsp3) is 0. The second kappa shape index (κ2) is 13.5. The number of rotatable bonds is 4. The lowest BCUT2D eigenvalue weighted by molar-refractivity contribution is 0.363. The molecule has 0 spiro atoms. The topological polar surface area (TPSA) is 155 Å². The van der Waals surface area contributed by atoms with E-state index >= 15 is 0 Å². The average Bonchev–Trinajstić information content (AvgIpc) is 3.54. The van der Waals surface area contributed by atoms with Crippen LogP contribution in [0.2, 0.25) is 0 Å². The zero-order chi connectivity index (χ0) is 27.8. The quantitative estimate of drug-likeness (QED) is 0.121. The van der Waals surface area contributed by atoms with Gasteiger partial charge in [0.05, 0.1) is 45.3 Å². The molecule has 198 valence electrons. The van der Waals surface area contributed by atoms with Gasteiger partial charge in [0, 0.05) is 22.3 Å². The van der Waals surface area contributed by atoms with E-state index in [1.54, 1.807) is 0 Å². The summed E-state index contributed by atoms with van der Waals surface area (Å²) in [5.74, 6) is 0. The van der Waals surface area contributed by atoms with Gasteiger partial charge >= 0.3 is 0 Å². The molecule has 0 fully saturated rings. The molecule has 0 saturated carbocycles. The van der Waals surface area contributed by atoms with Crippen LogP contribution in [0.3, 0.4) is 0 Å². The first-order valence-corrected chi connectivity index (χ1v) is 16.4. The third kappa shape index (κ3) is 10.7. The second-order valence-corrected chi connectivity index (χ2v) is 13.2. The summed E-state index contributed by atoms with van der Waals surface area (Å²) in [6.07, 6.45) is 0. The molecule has 14 heteroatoms. The fourth-order valence-electron chi connectivity index (χ4n) is 2.97. The molecular weight excluding hydrogens is 609 g/mol. The summed E-state index contributed by atoms with van der Waals surface area (Å²) < 4.78 is 68.4. The molecule has 0 bridgehead atoms. The molecule has 3 aromatic carbocycles. The monoisotopic (exact) mass is 626 g/mol. The summed E-state index contributed by atoms with van der Waals surface area (Å²) in [5.41, 5.74) is 5.18. The van der Waals surface area contributed by atoms with Crippen molar-refractivity contribution in [3.05, 3.63) is 95.7 Å². The molecule has 0 amide bonds. The molecule has 5 aromatic rings. The van der Waals surface area contributed by atoms with Crippen LogP contribution in [0.25, 0.3) is 40.4 Å². The molecule has 2 aromatic heterocycles. The van der Waals surface area contributed by atoms with Crippen molar-refractivity contribution in [1.29, 1.82) is 0 Å². The predicted octanol–water partition coefficient (Wildman–Crippen LogP) is 7.17. The largest absolute Gasteiger partial charge is 0.726 e. The van der Waals surface area contributed by atoms with Crippen LogP contribution in [-0.2, 0) is 20.8 Å². The van der Waals surface area contributed by atoms with Crippen LogP contribution in [0.1, 0.15) is 0 Å². The van der Waals surface area contributed by atoms with Crippen molar-refractivity contribution >= 4 is 66.1 Å². The summed E-state index contributed by atoms with van der Waals surface area (Å²) in [6, 6.07) is 30.2. The van der Waals surface area contributed by atoms with Crippen molar-refractivity contribution < 1.29 is 35.0 Å². The van der Waals surface area contributed by atoms with Crippen molar-refractivity contribution in [3.8, 4) is 40.4 Å². The van der Waals surface area contributed by atoms with Crippen LogP contribution in [0, 0.1) is 0 Å². The van der Waals surface area contributed by atoms with Crippen LogP contribution >= 0.6 is 45.3 Å². The molecule has 0 radical (unpaired) electrons. The van der Waals surface area contributed by atoms with Gasteiger partial charge < -0.3 is 9.11 Å². The van der Waals surface area contributed by atoms with E-state index in [-0.39, 0.29) is 0 Å². The highest BCUT2D eigenvalue weighted by molar-refractivity contribution is 7.80. The second-order valence-electron chi connectivity index (χ2n) is 7.14. The van der Waals surface area contributed by atoms with Crippen molar-refractivity contribution in [2.75, 3.05) is 0 Å². The molecule has 0 unspecified atom stereocenters. The van der Waals surface area contributed by atoms with Crippen molar-refractivity contribution in [1.82, 2.24) is 0 Å². The highest BCUT2D eigenvalue weighted by atomic mass is 32.3. The Morgan fingerprint density at radius 2 is 0.816 bits per heavy atom. The van der Waals surface area contributed by atoms with Gasteiger partial charge in [-0.25, -0.2) is 16.8 Å². The van der Waals surface area contributed by atoms with Crippen LogP contribution in [0.15, 0.2) is 95.7 Å². The van der Waals surface area contributed by atoms with Crippen LogP contribution in [0.5, 0.6) is 0 Å². The van der Waals surface area contributed by atoms with E-state index in [4.69, 9.17) is 35.0 Å². The smallest absolute Gasteiger partial charge is 0.285 e. The molecular formula is C24H18O8S6. The van der Waals surface area contributed by atoms with E-state index in [0.717, 1.165) is 0 Å². The van der Waals surface area contributed by atoms with Gasteiger partial charge in [-0.3, -0.25) is 9.11 Å². The highest BCUT2D eigenvalue weighted by Crippen LogP contribution is 2.41. The SMILES string of the molecule is O=S(=O)([O-])O.O=S(=O)([O-])O.c1ccc(-c2c[s+]c(-c3ccc(-c4sc(-c5ccccc5)c[s+]4)cc3)s2)cc1. The van der Waals surface area contributed by atoms with Crippen molar-refractivity contribution in [2.24, 2.45) is 0 Å². The highest BCUT2D eigenvalue weighted by Gasteiger charge is 2.20. The van der Waals surface area contributed by atoms with Gasteiger partial charge in [0.25, 0.3) is 8.38 Å². The average molecular weight is 627 g/mol. The van der Waals surface area contributed by atoms with Crippen molar-refractivity contribution in [3.63, 3.8) is 0 Å². The van der Waals surface area contributed by atoms with Crippen molar-refractivity contribution in [2.45, 2.75) is 0 Å².